The number of nitrogens with zero attached hydrogens (tertiary/aromatic N) is 2. The lowest BCUT2D eigenvalue weighted by Gasteiger charge is -2.07. The Balaban J connectivity index is 2.53. The third-order valence-electron chi connectivity index (χ3n) is 3.33. The Morgan fingerprint density at radius 2 is 1.80 bits per heavy atom. The molecule has 0 saturated heterocycles. The van der Waals surface area contributed by atoms with Crippen molar-refractivity contribution in [2.75, 3.05) is 5.32 Å². The highest BCUT2D eigenvalue weighted by Gasteiger charge is 2.18. The number of carbonyl (C=O) groups is 1. The van der Waals surface area contributed by atoms with Gasteiger partial charge in [0.05, 0.1) is 11.4 Å². The van der Waals surface area contributed by atoms with Gasteiger partial charge in [-0.25, -0.2) is 4.68 Å². The molecule has 1 amide bonds. The molecule has 5 heteroatoms. The van der Waals surface area contributed by atoms with E-state index in [2.05, 4.69) is 5.32 Å². The Bertz CT molecular complexity index is 681. The predicted octanol–water partition coefficient (Wildman–Crippen LogP) is 2.08. The maximum absolute atomic E-state index is 12.5. The summed E-state index contributed by atoms with van der Waals surface area (Å²) >= 11 is 0. The van der Waals surface area contributed by atoms with Gasteiger partial charge in [-0.2, -0.15) is 0 Å². The highest BCUT2D eigenvalue weighted by atomic mass is 16.2. The van der Waals surface area contributed by atoms with Crippen LogP contribution in [0.4, 0.5) is 5.69 Å². The van der Waals surface area contributed by atoms with Crippen molar-refractivity contribution in [2.24, 2.45) is 13.0 Å². The number of aromatic nitrogens is 2. The first-order valence-electron chi connectivity index (χ1n) is 6.58. The standard InChI is InChI=1S/C15H19N3O2/c1-10(2)14(19)16-13-11(3)17(4)18(15(13)20)12-8-6-5-7-9-12/h5-10H,1-4H3,(H,16,19). The van der Waals surface area contributed by atoms with Crippen molar-refractivity contribution in [3.8, 4) is 5.69 Å². The summed E-state index contributed by atoms with van der Waals surface area (Å²) in [7, 11) is 1.80. The molecule has 106 valence electrons. The van der Waals surface area contributed by atoms with Gasteiger partial charge in [0.15, 0.2) is 0 Å². The van der Waals surface area contributed by atoms with Crippen molar-refractivity contribution in [1.29, 1.82) is 0 Å². The molecule has 20 heavy (non-hydrogen) atoms. The molecule has 0 bridgehead atoms. The molecule has 0 aliphatic heterocycles. The van der Waals surface area contributed by atoms with E-state index in [9.17, 15) is 9.59 Å². The van der Waals surface area contributed by atoms with Crippen LogP contribution in [0, 0.1) is 12.8 Å². The number of carbonyl (C=O) groups excluding carboxylic acids is 1. The van der Waals surface area contributed by atoms with Crippen LogP contribution in [0.3, 0.4) is 0 Å². The second-order valence-electron chi connectivity index (χ2n) is 5.08. The fourth-order valence-corrected chi connectivity index (χ4v) is 1.98. The van der Waals surface area contributed by atoms with Gasteiger partial charge in [0.1, 0.15) is 5.69 Å². The molecule has 2 rings (SSSR count). The summed E-state index contributed by atoms with van der Waals surface area (Å²) in [5, 5.41) is 2.72. The molecule has 5 nitrogen and oxygen atoms in total. The Labute approximate surface area is 117 Å². The number of hydrogen-bond acceptors (Lipinski definition) is 2. The summed E-state index contributed by atoms with van der Waals surface area (Å²) in [5.41, 5.74) is 1.63. The summed E-state index contributed by atoms with van der Waals surface area (Å²) in [5.74, 6) is -0.324. The van der Waals surface area contributed by atoms with Crippen LogP contribution < -0.4 is 10.9 Å². The topological polar surface area (TPSA) is 56.0 Å². The Kier molecular flexibility index (Phi) is 3.79. The van der Waals surface area contributed by atoms with Crippen LogP contribution in [0.5, 0.6) is 0 Å². The molecule has 0 unspecified atom stereocenters. The number of anilines is 1. The van der Waals surface area contributed by atoms with E-state index in [1.54, 1.807) is 30.3 Å². The minimum atomic E-state index is -0.217. The second-order valence-corrected chi connectivity index (χ2v) is 5.08. The van der Waals surface area contributed by atoms with Gasteiger partial charge in [-0.15, -0.1) is 0 Å². The molecule has 0 fully saturated rings. The largest absolute Gasteiger partial charge is 0.320 e. The van der Waals surface area contributed by atoms with Gasteiger partial charge in [0.2, 0.25) is 5.91 Å². The molecule has 0 spiro atoms. The highest BCUT2D eigenvalue weighted by molar-refractivity contribution is 5.92. The van der Waals surface area contributed by atoms with Crippen LogP contribution in [0.1, 0.15) is 19.5 Å². The predicted molar refractivity (Wildman–Crippen MR) is 79.2 cm³/mol. The van der Waals surface area contributed by atoms with E-state index >= 15 is 0 Å². The molecule has 1 N–H and O–H groups in total. The van der Waals surface area contributed by atoms with Crippen molar-refractivity contribution >= 4 is 11.6 Å². The van der Waals surface area contributed by atoms with Gasteiger partial charge < -0.3 is 5.32 Å². The summed E-state index contributed by atoms with van der Waals surface area (Å²) in [6.45, 7) is 5.41. The minimum absolute atomic E-state index is 0.156. The first-order valence-corrected chi connectivity index (χ1v) is 6.58. The average molecular weight is 273 g/mol. The molecule has 0 aliphatic rings. The number of nitrogens with one attached hydrogen (secondary N) is 1. The number of benzene rings is 1. The molecule has 0 saturated carbocycles. The summed E-state index contributed by atoms with van der Waals surface area (Å²) in [4.78, 5) is 24.3. The lowest BCUT2D eigenvalue weighted by molar-refractivity contribution is -0.118. The van der Waals surface area contributed by atoms with Gasteiger partial charge in [0, 0.05) is 13.0 Å². The van der Waals surface area contributed by atoms with E-state index in [1.165, 1.54) is 0 Å². The summed E-state index contributed by atoms with van der Waals surface area (Å²) in [6.07, 6.45) is 0. The third kappa shape index (κ3) is 2.39. The molecule has 2 aromatic rings. The lowest BCUT2D eigenvalue weighted by Crippen LogP contribution is -2.24. The molecule has 1 aromatic heterocycles. The monoisotopic (exact) mass is 273 g/mol. The number of amides is 1. The molecule has 1 heterocycles. The molecular formula is C15H19N3O2. The fourth-order valence-electron chi connectivity index (χ4n) is 1.98. The van der Waals surface area contributed by atoms with Gasteiger partial charge in [-0.3, -0.25) is 14.3 Å². The molecular weight excluding hydrogens is 254 g/mol. The van der Waals surface area contributed by atoms with Crippen LogP contribution in [0.15, 0.2) is 35.1 Å². The first kappa shape index (κ1) is 14.1. The molecule has 0 aliphatic carbocycles. The van der Waals surface area contributed by atoms with Crippen molar-refractivity contribution in [1.82, 2.24) is 9.36 Å². The highest BCUT2D eigenvalue weighted by Crippen LogP contribution is 2.14. The third-order valence-corrected chi connectivity index (χ3v) is 3.33. The Morgan fingerprint density at radius 3 is 2.35 bits per heavy atom. The second kappa shape index (κ2) is 5.36. The zero-order valence-corrected chi connectivity index (χ0v) is 12.2. The van der Waals surface area contributed by atoms with Gasteiger partial charge in [-0.05, 0) is 19.1 Å². The van der Waals surface area contributed by atoms with Gasteiger partial charge in [-0.1, -0.05) is 32.0 Å². The lowest BCUT2D eigenvalue weighted by atomic mass is 10.2. The van der Waals surface area contributed by atoms with Crippen molar-refractivity contribution < 1.29 is 4.79 Å². The minimum Gasteiger partial charge on any atom is -0.320 e. The average Bonchev–Trinajstić information content (AvgIpc) is 2.63. The SMILES string of the molecule is Cc1c(NC(=O)C(C)C)c(=O)n(-c2ccccc2)n1C. The number of rotatable bonds is 3. The van der Waals surface area contributed by atoms with Crippen molar-refractivity contribution in [3.63, 3.8) is 0 Å². The van der Waals surface area contributed by atoms with Gasteiger partial charge >= 0.3 is 0 Å². The smallest absolute Gasteiger partial charge is 0.295 e. The van der Waals surface area contributed by atoms with Crippen LogP contribution in [-0.2, 0) is 11.8 Å². The van der Waals surface area contributed by atoms with Gasteiger partial charge in [0.25, 0.3) is 5.56 Å². The van der Waals surface area contributed by atoms with Crippen LogP contribution >= 0.6 is 0 Å². The van der Waals surface area contributed by atoms with E-state index in [0.717, 1.165) is 11.4 Å². The fraction of sp³-hybridized carbons (Fsp3) is 0.333. The summed E-state index contributed by atoms with van der Waals surface area (Å²) in [6, 6.07) is 9.35. The Hall–Kier alpha value is -2.30. The quantitative estimate of drug-likeness (QED) is 0.931. The van der Waals surface area contributed by atoms with Crippen LogP contribution in [-0.4, -0.2) is 15.3 Å². The normalized spacial score (nSPS) is 10.8. The van der Waals surface area contributed by atoms with Crippen LogP contribution in [0.2, 0.25) is 0 Å². The van der Waals surface area contributed by atoms with E-state index in [1.807, 2.05) is 37.3 Å². The van der Waals surface area contributed by atoms with Crippen LogP contribution in [0.25, 0.3) is 5.69 Å². The van der Waals surface area contributed by atoms with E-state index in [0.29, 0.717) is 5.69 Å². The summed E-state index contributed by atoms with van der Waals surface area (Å²) < 4.78 is 3.29. The van der Waals surface area contributed by atoms with Crippen molar-refractivity contribution in [3.05, 3.63) is 46.4 Å². The van der Waals surface area contributed by atoms with E-state index in [-0.39, 0.29) is 17.4 Å². The number of hydrogen-bond donors (Lipinski definition) is 1. The number of para-hydroxylation sites is 1. The molecule has 0 atom stereocenters. The Morgan fingerprint density at radius 1 is 1.20 bits per heavy atom. The van der Waals surface area contributed by atoms with Crippen molar-refractivity contribution in [2.45, 2.75) is 20.8 Å². The molecule has 0 radical (unpaired) electrons. The zero-order valence-electron chi connectivity index (χ0n) is 12.2. The maximum Gasteiger partial charge on any atom is 0.295 e. The maximum atomic E-state index is 12.5. The van der Waals surface area contributed by atoms with E-state index < -0.39 is 0 Å². The molecule has 1 aromatic carbocycles. The zero-order chi connectivity index (χ0) is 14.9. The first-order chi connectivity index (χ1) is 9.43. The van der Waals surface area contributed by atoms with E-state index in [4.69, 9.17) is 0 Å².